The van der Waals surface area contributed by atoms with Gasteiger partial charge in [0.1, 0.15) is 11.5 Å². The average Bonchev–Trinajstić information content (AvgIpc) is 2.71. The van der Waals surface area contributed by atoms with Crippen LogP contribution in [0, 0.1) is 0 Å². The van der Waals surface area contributed by atoms with E-state index in [0.717, 1.165) is 23.6 Å². The highest BCUT2D eigenvalue weighted by Gasteiger charge is 2.20. The van der Waals surface area contributed by atoms with Gasteiger partial charge in [-0.1, -0.05) is 0 Å². The van der Waals surface area contributed by atoms with Crippen molar-refractivity contribution < 1.29 is 9.84 Å². The summed E-state index contributed by atoms with van der Waals surface area (Å²) in [6.07, 6.45) is 0. The third kappa shape index (κ3) is 1.81. The molecule has 1 aliphatic heterocycles. The van der Waals surface area contributed by atoms with Crippen LogP contribution in [-0.2, 0) is 0 Å². The van der Waals surface area contributed by atoms with Crippen LogP contribution in [0.4, 0.5) is 0 Å². The second-order valence-electron chi connectivity index (χ2n) is 3.13. The predicted octanol–water partition coefficient (Wildman–Crippen LogP) is 1.74. The van der Waals surface area contributed by atoms with Gasteiger partial charge in [-0.3, -0.25) is 0 Å². The van der Waals surface area contributed by atoms with Crippen molar-refractivity contribution in [1.29, 1.82) is 0 Å². The van der Waals surface area contributed by atoms with E-state index in [-0.39, 0.29) is 5.37 Å². The summed E-state index contributed by atoms with van der Waals surface area (Å²) in [5.74, 6) is 2.20. The fourth-order valence-electron chi connectivity index (χ4n) is 1.50. The van der Waals surface area contributed by atoms with Crippen LogP contribution in [0.1, 0.15) is 10.9 Å². The molecular weight excluding hydrogens is 198 g/mol. The summed E-state index contributed by atoms with van der Waals surface area (Å²) in [4.78, 5) is 0. The second kappa shape index (κ2) is 4.11. The summed E-state index contributed by atoms with van der Waals surface area (Å²) in [6, 6.07) is 5.32. The number of phenolic OH excluding ortho intramolecular Hbond substituents is 1. The van der Waals surface area contributed by atoms with E-state index >= 15 is 0 Å². The van der Waals surface area contributed by atoms with Crippen molar-refractivity contribution in [3.63, 3.8) is 0 Å². The highest BCUT2D eigenvalue weighted by molar-refractivity contribution is 7.99. The van der Waals surface area contributed by atoms with E-state index in [9.17, 15) is 5.11 Å². The van der Waals surface area contributed by atoms with Gasteiger partial charge in [-0.05, 0) is 18.2 Å². The third-order valence-corrected chi connectivity index (χ3v) is 3.43. The van der Waals surface area contributed by atoms with Gasteiger partial charge >= 0.3 is 0 Å². The molecule has 0 aliphatic carbocycles. The summed E-state index contributed by atoms with van der Waals surface area (Å²) in [7, 11) is 1.63. The first kappa shape index (κ1) is 9.68. The largest absolute Gasteiger partial charge is 0.508 e. The van der Waals surface area contributed by atoms with Crippen LogP contribution in [0.3, 0.4) is 0 Å². The van der Waals surface area contributed by atoms with E-state index in [0.29, 0.717) is 5.75 Å². The molecule has 4 heteroatoms. The number of rotatable bonds is 2. The van der Waals surface area contributed by atoms with Gasteiger partial charge in [-0.15, -0.1) is 11.8 Å². The predicted molar refractivity (Wildman–Crippen MR) is 57.9 cm³/mol. The zero-order valence-corrected chi connectivity index (χ0v) is 8.80. The smallest absolute Gasteiger partial charge is 0.121 e. The quantitative estimate of drug-likeness (QED) is 0.782. The van der Waals surface area contributed by atoms with Crippen molar-refractivity contribution >= 4 is 11.8 Å². The summed E-state index contributed by atoms with van der Waals surface area (Å²) in [5.41, 5.74) is 0.909. The number of hydrogen-bond donors (Lipinski definition) is 2. The van der Waals surface area contributed by atoms with Gasteiger partial charge in [-0.25, -0.2) is 0 Å². The van der Waals surface area contributed by atoms with E-state index < -0.39 is 0 Å². The Morgan fingerprint density at radius 2 is 2.43 bits per heavy atom. The molecule has 0 saturated carbocycles. The van der Waals surface area contributed by atoms with E-state index in [4.69, 9.17) is 4.74 Å². The fraction of sp³-hybridized carbons (Fsp3) is 0.400. The first-order chi connectivity index (χ1) is 6.81. The van der Waals surface area contributed by atoms with Crippen LogP contribution in [0.5, 0.6) is 11.5 Å². The maximum absolute atomic E-state index is 9.68. The lowest BCUT2D eigenvalue weighted by atomic mass is 10.2. The summed E-state index contributed by atoms with van der Waals surface area (Å²) in [6.45, 7) is 0.992. The van der Waals surface area contributed by atoms with Gasteiger partial charge in [0.15, 0.2) is 0 Å². The molecular formula is C10H13NO2S. The maximum atomic E-state index is 9.68. The van der Waals surface area contributed by atoms with Gasteiger partial charge in [-0.2, -0.15) is 0 Å². The molecule has 2 rings (SSSR count). The van der Waals surface area contributed by atoms with E-state index in [1.165, 1.54) is 0 Å². The Labute approximate surface area is 87.5 Å². The van der Waals surface area contributed by atoms with Crippen molar-refractivity contribution in [2.24, 2.45) is 0 Å². The van der Waals surface area contributed by atoms with Crippen LogP contribution in [-0.4, -0.2) is 24.5 Å². The number of phenols is 1. The minimum Gasteiger partial charge on any atom is -0.508 e. The molecule has 3 nitrogen and oxygen atoms in total. The molecule has 1 aromatic rings. The van der Waals surface area contributed by atoms with Gasteiger partial charge in [0.25, 0.3) is 0 Å². The SMILES string of the molecule is COc1ccc(O)c(C2NCCS2)c1. The molecule has 0 bridgehead atoms. The maximum Gasteiger partial charge on any atom is 0.121 e. The van der Waals surface area contributed by atoms with Crippen LogP contribution >= 0.6 is 11.8 Å². The van der Waals surface area contributed by atoms with Crippen molar-refractivity contribution in [2.45, 2.75) is 5.37 Å². The number of methoxy groups -OCH3 is 1. The highest BCUT2D eigenvalue weighted by Crippen LogP contribution is 2.36. The minimum absolute atomic E-state index is 0.199. The molecule has 1 heterocycles. The Morgan fingerprint density at radius 1 is 1.57 bits per heavy atom. The lowest BCUT2D eigenvalue weighted by Crippen LogP contribution is -2.12. The van der Waals surface area contributed by atoms with E-state index in [1.807, 2.05) is 6.07 Å². The van der Waals surface area contributed by atoms with Crippen LogP contribution in [0.15, 0.2) is 18.2 Å². The minimum atomic E-state index is 0.199. The van der Waals surface area contributed by atoms with Crippen LogP contribution in [0.2, 0.25) is 0 Å². The van der Waals surface area contributed by atoms with Crippen molar-refractivity contribution in [3.05, 3.63) is 23.8 Å². The Morgan fingerprint density at radius 3 is 3.07 bits per heavy atom. The zero-order valence-electron chi connectivity index (χ0n) is 7.99. The Bertz CT molecular complexity index is 324. The van der Waals surface area contributed by atoms with E-state index in [2.05, 4.69) is 5.32 Å². The molecule has 0 aromatic heterocycles. The van der Waals surface area contributed by atoms with Gasteiger partial charge in [0.2, 0.25) is 0 Å². The number of ether oxygens (including phenoxy) is 1. The Hall–Kier alpha value is -0.870. The molecule has 1 unspecified atom stereocenters. The number of thioether (sulfide) groups is 1. The van der Waals surface area contributed by atoms with Crippen LogP contribution in [0.25, 0.3) is 0 Å². The van der Waals surface area contributed by atoms with Gasteiger partial charge in [0.05, 0.1) is 12.5 Å². The molecule has 1 atom stereocenters. The summed E-state index contributed by atoms with van der Waals surface area (Å²) in [5, 5.41) is 13.2. The number of aromatic hydroxyl groups is 1. The second-order valence-corrected chi connectivity index (χ2v) is 4.34. The lowest BCUT2D eigenvalue weighted by molar-refractivity contribution is 0.410. The molecule has 1 saturated heterocycles. The van der Waals surface area contributed by atoms with Crippen molar-refractivity contribution in [1.82, 2.24) is 5.32 Å². The first-order valence-electron chi connectivity index (χ1n) is 4.53. The highest BCUT2D eigenvalue weighted by atomic mass is 32.2. The molecule has 2 N–H and O–H groups in total. The Kier molecular flexibility index (Phi) is 2.84. The number of hydrogen-bond acceptors (Lipinski definition) is 4. The average molecular weight is 211 g/mol. The topological polar surface area (TPSA) is 41.5 Å². The lowest BCUT2D eigenvalue weighted by Gasteiger charge is -2.12. The zero-order chi connectivity index (χ0) is 9.97. The van der Waals surface area contributed by atoms with Crippen molar-refractivity contribution in [3.8, 4) is 11.5 Å². The molecule has 14 heavy (non-hydrogen) atoms. The van der Waals surface area contributed by atoms with Gasteiger partial charge < -0.3 is 15.2 Å². The van der Waals surface area contributed by atoms with Crippen LogP contribution < -0.4 is 10.1 Å². The molecule has 0 amide bonds. The molecule has 0 radical (unpaired) electrons. The number of benzene rings is 1. The third-order valence-electron chi connectivity index (χ3n) is 2.23. The Balaban J connectivity index is 2.29. The standard InChI is InChI=1S/C10H13NO2S/c1-13-7-2-3-9(12)8(6-7)10-11-4-5-14-10/h2-3,6,10-12H,4-5H2,1H3. The molecule has 0 spiro atoms. The number of nitrogens with one attached hydrogen (secondary N) is 1. The summed E-state index contributed by atoms with van der Waals surface area (Å²) >= 11 is 1.80. The normalized spacial score (nSPS) is 21.1. The van der Waals surface area contributed by atoms with Crippen molar-refractivity contribution in [2.75, 3.05) is 19.4 Å². The molecule has 76 valence electrons. The molecule has 1 aromatic carbocycles. The molecule has 1 fully saturated rings. The summed E-state index contributed by atoms with van der Waals surface area (Å²) < 4.78 is 5.12. The fourth-order valence-corrected chi connectivity index (χ4v) is 2.57. The van der Waals surface area contributed by atoms with E-state index in [1.54, 1.807) is 31.0 Å². The first-order valence-corrected chi connectivity index (χ1v) is 5.58. The molecule has 1 aliphatic rings. The monoisotopic (exact) mass is 211 g/mol. The van der Waals surface area contributed by atoms with Gasteiger partial charge in [0, 0.05) is 17.9 Å².